The number of rotatable bonds is 4. The van der Waals surface area contributed by atoms with E-state index in [1.807, 2.05) is 49.4 Å². The third-order valence-corrected chi connectivity index (χ3v) is 4.69. The average Bonchev–Trinajstić information content (AvgIpc) is 2.75. The molecule has 0 fully saturated rings. The summed E-state index contributed by atoms with van der Waals surface area (Å²) in [6.07, 6.45) is 2.26. The predicted molar refractivity (Wildman–Crippen MR) is 116 cm³/mol. The number of aliphatic hydroxyl groups is 1. The first-order valence-corrected chi connectivity index (χ1v) is 9.54. The molecule has 0 saturated carbocycles. The lowest BCUT2D eigenvalue weighted by atomic mass is 9.98. The lowest BCUT2D eigenvalue weighted by Gasteiger charge is -2.18. The molecule has 1 amide bonds. The summed E-state index contributed by atoms with van der Waals surface area (Å²) >= 11 is 0. The van der Waals surface area contributed by atoms with Crippen molar-refractivity contribution in [1.82, 2.24) is 4.98 Å². The first-order valence-electron chi connectivity index (χ1n) is 9.54. The van der Waals surface area contributed by atoms with Crippen LogP contribution in [0.25, 0.3) is 0 Å². The highest BCUT2D eigenvalue weighted by Crippen LogP contribution is 2.35. The number of carbonyl (C=O) groups is 1. The average molecular weight is 388 g/mol. The summed E-state index contributed by atoms with van der Waals surface area (Å²) < 4.78 is 0. The molecule has 4 rings (SSSR count). The number of nitrogens with zero attached hydrogens (tertiary/aromatic N) is 1. The number of benzene rings is 2. The lowest BCUT2D eigenvalue weighted by molar-refractivity contribution is 0.0810. The SMILES string of the molecule is Cc1cc(Nc2ccc3c(c2)Nc2ccc(CC(C)(C)O)cc2NC3=O)ccn1. The number of aromatic nitrogens is 1. The van der Waals surface area contributed by atoms with Crippen LogP contribution in [-0.4, -0.2) is 21.6 Å². The van der Waals surface area contributed by atoms with E-state index in [1.54, 1.807) is 26.1 Å². The van der Waals surface area contributed by atoms with E-state index < -0.39 is 5.60 Å². The first kappa shape index (κ1) is 19.0. The van der Waals surface area contributed by atoms with Crippen LogP contribution in [0.5, 0.6) is 0 Å². The number of anilines is 5. The van der Waals surface area contributed by atoms with Gasteiger partial charge in [0, 0.05) is 29.7 Å². The minimum atomic E-state index is -0.814. The van der Waals surface area contributed by atoms with Crippen LogP contribution in [-0.2, 0) is 6.42 Å². The van der Waals surface area contributed by atoms with Gasteiger partial charge in [-0.2, -0.15) is 0 Å². The molecule has 0 unspecified atom stereocenters. The first-order chi connectivity index (χ1) is 13.8. The highest BCUT2D eigenvalue weighted by Gasteiger charge is 2.21. The molecule has 148 valence electrons. The van der Waals surface area contributed by atoms with E-state index in [-0.39, 0.29) is 5.91 Å². The Morgan fingerprint density at radius 1 is 0.966 bits per heavy atom. The molecule has 29 heavy (non-hydrogen) atoms. The van der Waals surface area contributed by atoms with Crippen LogP contribution in [0.15, 0.2) is 54.7 Å². The highest BCUT2D eigenvalue weighted by atomic mass is 16.3. The second kappa shape index (κ2) is 7.22. The van der Waals surface area contributed by atoms with Crippen LogP contribution in [0, 0.1) is 6.92 Å². The van der Waals surface area contributed by atoms with Gasteiger partial charge < -0.3 is 21.1 Å². The van der Waals surface area contributed by atoms with Crippen molar-refractivity contribution in [2.45, 2.75) is 32.8 Å². The summed E-state index contributed by atoms with van der Waals surface area (Å²) in [5.41, 5.74) is 5.70. The van der Waals surface area contributed by atoms with Gasteiger partial charge in [0.2, 0.25) is 0 Å². The second-order valence-corrected chi connectivity index (χ2v) is 8.02. The molecule has 6 heteroatoms. The largest absolute Gasteiger partial charge is 0.390 e. The maximum Gasteiger partial charge on any atom is 0.257 e. The molecule has 6 nitrogen and oxygen atoms in total. The van der Waals surface area contributed by atoms with Crippen molar-refractivity contribution in [2.75, 3.05) is 16.0 Å². The van der Waals surface area contributed by atoms with Crippen molar-refractivity contribution in [2.24, 2.45) is 0 Å². The number of hydrogen-bond acceptors (Lipinski definition) is 5. The van der Waals surface area contributed by atoms with Gasteiger partial charge >= 0.3 is 0 Å². The fourth-order valence-corrected chi connectivity index (χ4v) is 3.46. The Hall–Kier alpha value is -3.38. The van der Waals surface area contributed by atoms with Gasteiger partial charge in [-0.1, -0.05) is 6.07 Å². The summed E-state index contributed by atoms with van der Waals surface area (Å²) in [4.78, 5) is 17.0. The van der Waals surface area contributed by atoms with Crippen LogP contribution in [0.1, 0.15) is 35.5 Å². The monoisotopic (exact) mass is 388 g/mol. The molecule has 3 aromatic rings. The molecule has 1 aliphatic heterocycles. The number of hydrogen-bond donors (Lipinski definition) is 4. The van der Waals surface area contributed by atoms with Crippen molar-refractivity contribution in [3.63, 3.8) is 0 Å². The van der Waals surface area contributed by atoms with Gasteiger partial charge in [-0.25, -0.2) is 0 Å². The second-order valence-electron chi connectivity index (χ2n) is 8.02. The topological polar surface area (TPSA) is 86.3 Å². The molecule has 1 aromatic heterocycles. The minimum absolute atomic E-state index is 0.169. The van der Waals surface area contributed by atoms with Gasteiger partial charge in [0.05, 0.1) is 28.2 Å². The zero-order valence-electron chi connectivity index (χ0n) is 16.7. The summed E-state index contributed by atoms with van der Waals surface area (Å²) in [7, 11) is 0. The van der Waals surface area contributed by atoms with Gasteiger partial charge in [-0.15, -0.1) is 0 Å². The molecular formula is C23H24N4O2. The van der Waals surface area contributed by atoms with Gasteiger partial charge in [0.15, 0.2) is 0 Å². The maximum absolute atomic E-state index is 12.7. The van der Waals surface area contributed by atoms with Crippen molar-refractivity contribution < 1.29 is 9.90 Å². The molecule has 1 aliphatic rings. The summed E-state index contributed by atoms with van der Waals surface area (Å²) in [6, 6.07) is 15.3. The number of nitrogens with one attached hydrogen (secondary N) is 3. The fourth-order valence-electron chi connectivity index (χ4n) is 3.46. The zero-order chi connectivity index (χ0) is 20.6. The standard InChI is InChI=1S/C23H24N4O2/c1-14-10-17(8-9-24-14)25-16-5-6-18-20(12-16)26-19-7-4-15(13-23(2,3)29)11-21(19)27-22(18)28/h4-12,26,29H,13H2,1-3H3,(H,24,25)(H,27,28). The maximum atomic E-state index is 12.7. The molecule has 0 atom stereocenters. The summed E-state index contributed by atoms with van der Waals surface area (Å²) in [5.74, 6) is -0.169. The summed E-state index contributed by atoms with van der Waals surface area (Å²) in [5, 5.41) is 19.8. The van der Waals surface area contributed by atoms with Crippen LogP contribution in [0.4, 0.5) is 28.4 Å². The Kier molecular flexibility index (Phi) is 4.72. The van der Waals surface area contributed by atoms with E-state index in [1.165, 1.54) is 0 Å². The van der Waals surface area contributed by atoms with Crippen molar-refractivity contribution in [3.8, 4) is 0 Å². The fraction of sp³-hybridized carbons (Fsp3) is 0.217. The molecule has 0 saturated heterocycles. The molecule has 0 aliphatic carbocycles. The molecule has 2 aromatic carbocycles. The van der Waals surface area contributed by atoms with E-state index in [0.717, 1.165) is 34.0 Å². The van der Waals surface area contributed by atoms with Crippen molar-refractivity contribution in [3.05, 3.63) is 71.5 Å². The molecule has 2 heterocycles. The quantitative estimate of drug-likeness (QED) is 0.518. The van der Waals surface area contributed by atoms with E-state index in [9.17, 15) is 9.90 Å². The van der Waals surface area contributed by atoms with Gasteiger partial charge in [-0.3, -0.25) is 9.78 Å². The Morgan fingerprint density at radius 2 is 1.76 bits per heavy atom. The van der Waals surface area contributed by atoms with Gasteiger partial charge in [-0.05, 0) is 68.8 Å². The van der Waals surface area contributed by atoms with Gasteiger partial charge in [0.25, 0.3) is 5.91 Å². The van der Waals surface area contributed by atoms with Crippen molar-refractivity contribution in [1.29, 1.82) is 0 Å². The van der Waals surface area contributed by atoms with E-state index in [4.69, 9.17) is 0 Å². The molecule has 0 radical (unpaired) electrons. The Labute approximate surface area is 170 Å². The van der Waals surface area contributed by atoms with Crippen LogP contribution in [0.2, 0.25) is 0 Å². The summed E-state index contributed by atoms with van der Waals surface area (Å²) in [6.45, 7) is 5.48. The number of fused-ring (bicyclic) bond motifs is 2. The van der Waals surface area contributed by atoms with Crippen LogP contribution < -0.4 is 16.0 Å². The number of aryl methyl sites for hydroxylation is 1. The Balaban J connectivity index is 1.64. The Bertz CT molecular complexity index is 1090. The van der Waals surface area contributed by atoms with Crippen LogP contribution in [0.3, 0.4) is 0 Å². The number of carbonyl (C=O) groups excluding carboxylic acids is 1. The molecule has 4 N–H and O–H groups in total. The van der Waals surface area contributed by atoms with E-state index in [2.05, 4.69) is 20.9 Å². The van der Waals surface area contributed by atoms with Crippen molar-refractivity contribution >= 4 is 34.3 Å². The predicted octanol–water partition coefficient (Wildman–Crippen LogP) is 4.76. The Morgan fingerprint density at radius 3 is 2.52 bits per heavy atom. The number of pyridine rings is 1. The minimum Gasteiger partial charge on any atom is -0.390 e. The third-order valence-electron chi connectivity index (χ3n) is 4.69. The molecule has 0 bridgehead atoms. The van der Waals surface area contributed by atoms with E-state index in [0.29, 0.717) is 17.7 Å². The van der Waals surface area contributed by atoms with Gasteiger partial charge in [0.1, 0.15) is 0 Å². The lowest BCUT2D eigenvalue weighted by Crippen LogP contribution is -2.22. The number of amides is 1. The molecular weight excluding hydrogens is 364 g/mol. The smallest absolute Gasteiger partial charge is 0.257 e. The zero-order valence-corrected chi connectivity index (χ0v) is 16.7. The van der Waals surface area contributed by atoms with Crippen LogP contribution >= 0.6 is 0 Å². The third kappa shape index (κ3) is 4.38. The van der Waals surface area contributed by atoms with E-state index >= 15 is 0 Å². The normalized spacial score (nSPS) is 12.9. The molecule has 0 spiro atoms. The highest BCUT2D eigenvalue weighted by molar-refractivity contribution is 6.12.